The topological polar surface area (TPSA) is 12.4 Å². The normalized spacial score (nSPS) is 28.4. The van der Waals surface area contributed by atoms with Gasteiger partial charge in [-0.15, -0.1) is 0 Å². The average molecular weight is 137 g/mol. The lowest BCUT2D eigenvalue weighted by Gasteiger charge is -1.98. The fourth-order valence-electron chi connectivity index (χ4n) is 1.54. The van der Waals surface area contributed by atoms with Crippen LogP contribution in [0.25, 0.3) is 0 Å². The van der Waals surface area contributed by atoms with Crippen molar-refractivity contribution in [3.63, 3.8) is 0 Å². The van der Waals surface area contributed by atoms with Crippen molar-refractivity contribution in [2.45, 2.75) is 44.6 Å². The van der Waals surface area contributed by atoms with Gasteiger partial charge in [-0.3, -0.25) is 4.99 Å². The van der Waals surface area contributed by atoms with Crippen molar-refractivity contribution in [1.29, 1.82) is 0 Å². The molecule has 0 spiro atoms. The Morgan fingerprint density at radius 1 is 1.00 bits per heavy atom. The zero-order valence-corrected chi connectivity index (χ0v) is 6.42. The van der Waals surface area contributed by atoms with Gasteiger partial charge in [0.2, 0.25) is 0 Å². The van der Waals surface area contributed by atoms with Crippen LogP contribution in [-0.2, 0) is 0 Å². The van der Waals surface area contributed by atoms with Crippen molar-refractivity contribution < 1.29 is 0 Å². The Balaban J connectivity index is 1.76. The van der Waals surface area contributed by atoms with Gasteiger partial charge in [0.1, 0.15) is 0 Å². The minimum absolute atomic E-state index is 0.709. The molecule has 2 rings (SSSR count). The van der Waals surface area contributed by atoms with Crippen LogP contribution in [0, 0.1) is 5.92 Å². The third-order valence-corrected chi connectivity index (χ3v) is 2.45. The molecule has 0 atom stereocenters. The largest absolute Gasteiger partial charge is 0.294 e. The van der Waals surface area contributed by atoms with Crippen LogP contribution in [0.4, 0.5) is 0 Å². The SMILES string of the molecule is C(=NC1CCCC1)C1CC1. The maximum Gasteiger partial charge on any atom is 0.0495 e. The Morgan fingerprint density at radius 3 is 2.30 bits per heavy atom. The lowest BCUT2D eigenvalue weighted by Crippen LogP contribution is -1.96. The van der Waals surface area contributed by atoms with Gasteiger partial charge < -0.3 is 0 Å². The summed E-state index contributed by atoms with van der Waals surface area (Å²) in [7, 11) is 0. The van der Waals surface area contributed by atoms with Gasteiger partial charge in [0.15, 0.2) is 0 Å². The standard InChI is InChI=1S/C9H15N/c1-2-4-9(3-1)10-7-8-5-6-8/h7-9H,1-6H2. The van der Waals surface area contributed by atoms with Crippen LogP contribution in [0.1, 0.15) is 38.5 Å². The first-order valence-corrected chi connectivity index (χ1v) is 4.48. The van der Waals surface area contributed by atoms with E-state index in [2.05, 4.69) is 11.2 Å². The molecule has 1 heteroatoms. The molecular weight excluding hydrogens is 122 g/mol. The maximum absolute atomic E-state index is 4.56. The summed E-state index contributed by atoms with van der Waals surface area (Å²) in [4.78, 5) is 4.56. The third kappa shape index (κ3) is 1.59. The van der Waals surface area contributed by atoms with Crippen LogP contribution in [-0.4, -0.2) is 12.3 Å². The first-order chi connectivity index (χ1) is 4.95. The summed E-state index contributed by atoms with van der Waals surface area (Å²) < 4.78 is 0. The molecule has 0 radical (unpaired) electrons. The fourth-order valence-corrected chi connectivity index (χ4v) is 1.54. The van der Waals surface area contributed by atoms with E-state index in [4.69, 9.17) is 0 Å². The monoisotopic (exact) mass is 137 g/mol. The molecule has 10 heavy (non-hydrogen) atoms. The van der Waals surface area contributed by atoms with Gasteiger partial charge in [-0.25, -0.2) is 0 Å². The van der Waals surface area contributed by atoms with Gasteiger partial charge >= 0.3 is 0 Å². The van der Waals surface area contributed by atoms with Crippen molar-refractivity contribution in [3.8, 4) is 0 Å². The molecule has 2 aliphatic rings. The molecule has 2 saturated carbocycles. The summed E-state index contributed by atoms with van der Waals surface area (Å²) >= 11 is 0. The molecule has 0 bridgehead atoms. The second-order valence-corrected chi connectivity index (χ2v) is 3.57. The van der Waals surface area contributed by atoms with Gasteiger partial charge in [-0.2, -0.15) is 0 Å². The van der Waals surface area contributed by atoms with Crippen molar-refractivity contribution in [3.05, 3.63) is 0 Å². The number of nitrogens with zero attached hydrogens (tertiary/aromatic N) is 1. The molecule has 2 aliphatic carbocycles. The predicted molar refractivity (Wildman–Crippen MR) is 43.5 cm³/mol. The summed E-state index contributed by atoms with van der Waals surface area (Å²) in [5.41, 5.74) is 0. The molecule has 56 valence electrons. The molecule has 0 aromatic heterocycles. The van der Waals surface area contributed by atoms with Crippen LogP contribution in [0.3, 0.4) is 0 Å². The highest BCUT2D eigenvalue weighted by Gasteiger charge is 2.19. The Labute approximate surface area is 62.5 Å². The van der Waals surface area contributed by atoms with E-state index in [0.717, 1.165) is 5.92 Å². The van der Waals surface area contributed by atoms with Crippen LogP contribution in [0.15, 0.2) is 4.99 Å². The van der Waals surface area contributed by atoms with Crippen LogP contribution in [0.2, 0.25) is 0 Å². The van der Waals surface area contributed by atoms with E-state index in [1.165, 1.54) is 38.5 Å². The molecule has 0 saturated heterocycles. The van der Waals surface area contributed by atoms with E-state index in [1.54, 1.807) is 0 Å². The number of hydrogen-bond donors (Lipinski definition) is 0. The van der Waals surface area contributed by atoms with E-state index in [9.17, 15) is 0 Å². The van der Waals surface area contributed by atoms with Crippen LogP contribution in [0.5, 0.6) is 0 Å². The molecule has 0 aromatic rings. The molecule has 0 aromatic carbocycles. The molecule has 0 amide bonds. The van der Waals surface area contributed by atoms with Crippen molar-refractivity contribution in [1.82, 2.24) is 0 Å². The molecule has 1 nitrogen and oxygen atoms in total. The fraction of sp³-hybridized carbons (Fsp3) is 0.889. The van der Waals surface area contributed by atoms with Gasteiger partial charge in [-0.05, 0) is 31.6 Å². The minimum atomic E-state index is 0.709. The maximum atomic E-state index is 4.56. The zero-order chi connectivity index (χ0) is 6.81. The Kier molecular flexibility index (Phi) is 1.74. The highest BCUT2D eigenvalue weighted by Crippen LogP contribution is 2.28. The summed E-state index contributed by atoms with van der Waals surface area (Å²) in [6.07, 6.45) is 10.5. The summed E-state index contributed by atoms with van der Waals surface area (Å²) in [6, 6.07) is 0.709. The van der Waals surface area contributed by atoms with Crippen molar-refractivity contribution in [2.75, 3.05) is 0 Å². The van der Waals surface area contributed by atoms with E-state index < -0.39 is 0 Å². The highest BCUT2D eigenvalue weighted by molar-refractivity contribution is 5.63. The quantitative estimate of drug-likeness (QED) is 0.518. The summed E-state index contributed by atoms with van der Waals surface area (Å²) in [5.74, 6) is 0.876. The van der Waals surface area contributed by atoms with Gasteiger partial charge in [0.25, 0.3) is 0 Å². The molecule has 0 heterocycles. The van der Waals surface area contributed by atoms with E-state index in [1.807, 2.05) is 0 Å². The van der Waals surface area contributed by atoms with Crippen molar-refractivity contribution >= 4 is 6.21 Å². The Bertz CT molecular complexity index is 130. The third-order valence-electron chi connectivity index (χ3n) is 2.45. The zero-order valence-electron chi connectivity index (χ0n) is 6.42. The van der Waals surface area contributed by atoms with Gasteiger partial charge in [0.05, 0.1) is 0 Å². The van der Waals surface area contributed by atoms with Gasteiger partial charge in [0, 0.05) is 12.3 Å². The highest BCUT2D eigenvalue weighted by atomic mass is 14.8. The second kappa shape index (κ2) is 2.73. The molecule has 0 N–H and O–H groups in total. The average Bonchev–Trinajstić information content (AvgIpc) is 2.63. The lowest BCUT2D eigenvalue weighted by atomic mass is 10.3. The van der Waals surface area contributed by atoms with E-state index >= 15 is 0 Å². The van der Waals surface area contributed by atoms with E-state index in [0.29, 0.717) is 6.04 Å². The predicted octanol–water partition coefficient (Wildman–Crippen LogP) is 2.41. The lowest BCUT2D eigenvalue weighted by molar-refractivity contribution is 0.707. The number of hydrogen-bond acceptors (Lipinski definition) is 1. The van der Waals surface area contributed by atoms with Gasteiger partial charge in [-0.1, -0.05) is 12.8 Å². The Hall–Kier alpha value is -0.330. The molecule has 0 unspecified atom stereocenters. The number of rotatable bonds is 2. The number of aliphatic imine (C=N–C) groups is 1. The summed E-state index contributed by atoms with van der Waals surface area (Å²) in [5, 5.41) is 0. The second-order valence-electron chi connectivity index (χ2n) is 3.57. The smallest absolute Gasteiger partial charge is 0.0495 e. The summed E-state index contributed by atoms with van der Waals surface area (Å²) in [6.45, 7) is 0. The molecule has 0 aliphatic heterocycles. The first-order valence-electron chi connectivity index (χ1n) is 4.48. The van der Waals surface area contributed by atoms with E-state index in [-0.39, 0.29) is 0 Å². The van der Waals surface area contributed by atoms with Crippen molar-refractivity contribution in [2.24, 2.45) is 10.9 Å². The minimum Gasteiger partial charge on any atom is -0.294 e. The Morgan fingerprint density at radius 2 is 1.70 bits per heavy atom. The molecule has 2 fully saturated rings. The van der Waals surface area contributed by atoms with Crippen LogP contribution >= 0.6 is 0 Å². The van der Waals surface area contributed by atoms with Crippen LogP contribution < -0.4 is 0 Å². The molecular formula is C9H15N. The first kappa shape index (κ1) is 6.38.